The van der Waals surface area contributed by atoms with Crippen LogP contribution in [-0.4, -0.2) is 18.1 Å². The highest BCUT2D eigenvalue weighted by atomic mass is 16.5. The zero-order valence-electron chi connectivity index (χ0n) is 12.4. The Kier molecular flexibility index (Phi) is 5.18. The number of ether oxygens (including phenoxy) is 1. The predicted molar refractivity (Wildman–Crippen MR) is 80.2 cm³/mol. The molecule has 1 aromatic rings. The van der Waals surface area contributed by atoms with Crippen LogP contribution in [0.1, 0.15) is 38.7 Å². The number of rotatable bonds is 4. The molecule has 0 saturated heterocycles. The van der Waals surface area contributed by atoms with Gasteiger partial charge in [0.2, 0.25) is 0 Å². The molecule has 3 unspecified atom stereocenters. The summed E-state index contributed by atoms with van der Waals surface area (Å²) < 4.78 is 5.58. The molecule has 1 aliphatic carbocycles. The van der Waals surface area contributed by atoms with Gasteiger partial charge in [-0.05, 0) is 43.1 Å². The first-order valence-electron chi connectivity index (χ1n) is 7.56. The van der Waals surface area contributed by atoms with E-state index in [0.717, 1.165) is 30.7 Å². The van der Waals surface area contributed by atoms with Crippen LogP contribution in [0.3, 0.4) is 0 Å². The summed E-state index contributed by atoms with van der Waals surface area (Å²) in [5.74, 6) is 1.08. The minimum atomic E-state index is -0.563. The second kappa shape index (κ2) is 6.89. The Morgan fingerprint density at radius 2 is 1.95 bits per heavy atom. The van der Waals surface area contributed by atoms with Crippen LogP contribution in [-0.2, 0) is 16.0 Å². The Labute approximate surface area is 121 Å². The summed E-state index contributed by atoms with van der Waals surface area (Å²) in [4.78, 5) is 12.1. The van der Waals surface area contributed by atoms with Gasteiger partial charge in [0.1, 0.15) is 12.1 Å². The Hall–Kier alpha value is -1.35. The summed E-state index contributed by atoms with van der Waals surface area (Å²) in [6.07, 6.45) is 3.65. The smallest absolute Gasteiger partial charge is 0.323 e. The van der Waals surface area contributed by atoms with Gasteiger partial charge in [0.25, 0.3) is 0 Å². The molecule has 3 heteroatoms. The van der Waals surface area contributed by atoms with Crippen molar-refractivity contribution in [2.45, 2.75) is 51.7 Å². The maximum absolute atomic E-state index is 12.1. The van der Waals surface area contributed by atoms with E-state index in [0.29, 0.717) is 12.3 Å². The fourth-order valence-corrected chi connectivity index (χ4v) is 2.81. The summed E-state index contributed by atoms with van der Waals surface area (Å²) in [6.45, 7) is 4.50. The van der Waals surface area contributed by atoms with E-state index in [1.807, 2.05) is 30.3 Å². The highest BCUT2D eigenvalue weighted by Crippen LogP contribution is 2.31. The standard InChI is InChI=1S/C17H25NO2/c1-12-8-9-15(10-13(12)2)20-17(19)16(18)11-14-6-4-3-5-7-14/h3-7,12-13,15-16H,8-11,18H2,1-2H3/t12?,13?,15?,16-/m0/s1. The molecule has 0 heterocycles. The molecule has 2 N–H and O–H groups in total. The van der Waals surface area contributed by atoms with Gasteiger partial charge in [-0.3, -0.25) is 4.79 Å². The van der Waals surface area contributed by atoms with Gasteiger partial charge >= 0.3 is 5.97 Å². The minimum absolute atomic E-state index is 0.0514. The number of hydrogen-bond acceptors (Lipinski definition) is 3. The first-order valence-corrected chi connectivity index (χ1v) is 7.56. The summed E-state index contributed by atoms with van der Waals surface area (Å²) >= 11 is 0. The Morgan fingerprint density at radius 3 is 2.60 bits per heavy atom. The van der Waals surface area contributed by atoms with Crippen molar-refractivity contribution in [3.8, 4) is 0 Å². The lowest BCUT2D eigenvalue weighted by molar-refractivity contribution is -0.153. The van der Waals surface area contributed by atoms with Gasteiger partial charge in [-0.1, -0.05) is 44.2 Å². The molecule has 1 aromatic carbocycles. The summed E-state index contributed by atoms with van der Waals surface area (Å²) in [6, 6.07) is 9.27. The normalized spacial score (nSPS) is 27.9. The number of hydrogen-bond donors (Lipinski definition) is 1. The molecule has 0 radical (unpaired) electrons. The van der Waals surface area contributed by atoms with E-state index in [9.17, 15) is 4.79 Å². The van der Waals surface area contributed by atoms with Gasteiger partial charge in [0.05, 0.1) is 0 Å². The van der Waals surface area contributed by atoms with Crippen molar-refractivity contribution in [1.82, 2.24) is 0 Å². The van der Waals surface area contributed by atoms with Gasteiger partial charge in [-0.25, -0.2) is 0 Å². The SMILES string of the molecule is CC1CCC(OC(=O)[C@@H](N)Cc2ccccc2)CC1C. The third-order valence-corrected chi connectivity index (χ3v) is 4.43. The van der Waals surface area contributed by atoms with Crippen molar-refractivity contribution in [3.05, 3.63) is 35.9 Å². The fraction of sp³-hybridized carbons (Fsp3) is 0.588. The average Bonchev–Trinajstić information content (AvgIpc) is 2.44. The van der Waals surface area contributed by atoms with E-state index in [1.165, 1.54) is 0 Å². The number of nitrogens with two attached hydrogens (primary N) is 1. The zero-order chi connectivity index (χ0) is 14.5. The van der Waals surface area contributed by atoms with Gasteiger partial charge in [-0.15, -0.1) is 0 Å². The number of benzene rings is 1. The first kappa shape index (κ1) is 15.0. The van der Waals surface area contributed by atoms with Crippen LogP contribution in [0, 0.1) is 11.8 Å². The van der Waals surface area contributed by atoms with E-state index in [-0.39, 0.29) is 12.1 Å². The van der Waals surface area contributed by atoms with Crippen molar-refractivity contribution < 1.29 is 9.53 Å². The molecule has 0 aliphatic heterocycles. The summed E-state index contributed by atoms with van der Waals surface area (Å²) in [5.41, 5.74) is 7.03. The van der Waals surface area contributed by atoms with Crippen LogP contribution in [0.15, 0.2) is 30.3 Å². The second-order valence-corrected chi connectivity index (χ2v) is 6.12. The third-order valence-electron chi connectivity index (χ3n) is 4.43. The number of carbonyl (C=O) groups is 1. The lowest BCUT2D eigenvalue weighted by Gasteiger charge is -2.32. The zero-order valence-corrected chi connectivity index (χ0v) is 12.4. The second-order valence-electron chi connectivity index (χ2n) is 6.12. The molecule has 0 aromatic heterocycles. The molecule has 2 rings (SSSR count). The predicted octanol–water partition coefficient (Wildman–Crippen LogP) is 2.92. The van der Waals surface area contributed by atoms with Crippen LogP contribution >= 0.6 is 0 Å². The maximum Gasteiger partial charge on any atom is 0.323 e. The molecule has 110 valence electrons. The van der Waals surface area contributed by atoms with Gasteiger partial charge in [-0.2, -0.15) is 0 Å². The first-order chi connectivity index (χ1) is 9.56. The van der Waals surface area contributed by atoms with Gasteiger partial charge < -0.3 is 10.5 Å². The average molecular weight is 275 g/mol. The molecular weight excluding hydrogens is 250 g/mol. The molecule has 1 saturated carbocycles. The van der Waals surface area contributed by atoms with Crippen LogP contribution < -0.4 is 5.73 Å². The van der Waals surface area contributed by atoms with E-state index in [4.69, 9.17) is 10.5 Å². The van der Waals surface area contributed by atoms with E-state index in [1.54, 1.807) is 0 Å². The lowest BCUT2D eigenvalue weighted by Crippen LogP contribution is -2.38. The van der Waals surface area contributed by atoms with Crippen LogP contribution in [0.25, 0.3) is 0 Å². The van der Waals surface area contributed by atoms with Gasteiger partial charge in [0.15, 0.2) is 0 Å². The van der Waals surface area contributed by atoms with Crippen LogP contribution in [0.4, 0.5) is 0 Å². The molecular formula is C17H25NO2. The van der Waals surface area contributed by atoms with E-state index in [2.05, 4.69) is 13.8 Å². The minimum Gasteiger partial charge on any atom is -0.461 e. The lowest BCUT2D eigenvalue weighted by atomic mass is 9.80. The van der Waals surface area contributed by atoms with Crippen molar-refractivity contribution in [1.29, 1.82) is 0 Å². The summed E-state index contributed by atoms with van der Waals surface area (Å²) in [7, 11) is 0. The molecule has 0 bridgehead atoms. The molecule has 3 nitrogen and oxygen atoms in total. The molecule has 1 fully saturated rings. The maximum atomic E-state index is 12.1. The molecule has 0 amide bonds. The summed E-state index contributed by atoms with van der Waals surface area (Å²) in [5, 5.41) is 0. The van der Waals surface area contributed by atoms with Crippen molar-refractivity contribution >= 4 is 5.97 Å². The quantitative estimate of drug-likeness (QED) is 0.860. The van der Waals surface area contributed by atoms with Crippen molar-refractivity contribution in [2.75, 3.05) is 0 Å². The molecule has 1 aliphatic rings. The number of esters is 1. The van der Waals surface area contributed by atoms with Gasteiger partial charge in [0, 0.05) is 0 Å². The Morgan fingerprint density at radius 1 is 1.25 bits per heavy atom. The number of carbonyl (C=O) groups excluding carboxylic acids is 1. The fourth-order valence-electron chi connectivity index (χ4n) is 2.81. The largest absolute Gasteiger partial charge is 0.461 e. The van der Waals surface area contributed by atoms with Crippen LogP contribution in [0.2, 0.25) is 0 Å². The highest BCUT2D eigenvalue weighted by Gasteiger charge is 2.28. The Bertz CT molecular complexity index is 432. The Balaban J connectivity index is 1.82. The van der Waals surface area contributed by atoms with Crippen molar-refractivity contribution in [3.63, 3.8) is 0 Å². The molecule has 20 heavy (non-hydrogen) atoms. The monoisotopic (exact) mass is 275 g/mol. The van der Waals surface area contributed by atoms with Crippen LogP contribution in [0.5, 0.6) is 0 Å². The molecule has 4 atom stereocenters. The highest BCUT2D eigenvalue weighted by molar-refractivity contribution is 5.76. The van der Waals surface area contributed by atoms with E-state index < -0.39 is 6.04 Å². The molecule has 0 spiro atoms. The third kappa shape index (κ3) is 4.07. The van der Waals surface area contributed by atoms with Crippen molar-refractivity contribution in [2.24, 2.45) is 17.6 Å². The van der Waals surface area contributed by atoms with E-state index >= 15 is 0 Å². The topological polar surface area (TPSA) is 52.3 Å².